The molecule has 2 N–H and O–H groups in total. The first-order chi connectivity index (χ1) is 6.11. The zero-order valence-corrected chi connectivity index (χ0v) is 9.05. The van der Waals surface area contributed by atoms with Crippen molar-refractivity contribution < 1.29 is 4.79 Å². The van der Waals surface area contributed by atoms with E-state index in [0.717, 1.165) is 19.4 Å². The lowest BCUT2D eigenvalue weighted by Crippen LogP contribution is -2.39. The lowest BCUT2D eigenvalue weighted by Gasteiger charge is -2.22. The molecule has 0 aromatic heterocycles. The predicted molar refractivity (Wildman–Crippen MR) is 55.4 cm³/mol. The molecular weight excluding hydrogens is 164 g/mol. The second-order valence-electron chi connectivity index (χ2n) is 3.51. The van der Waals surface area contributed by atoms with Gasteiger partial charge in [-0.1, -0.05) is 13.3 Å². The molecule has 0 saturated carbocycles. The minimum atomic E-state index is 0.0746. The van der Waals surface area contributed by atoms with E-state index >= 15 is 0 Å². The monoisotopic (exact) mass is 186 g/mol. The Labute approximate surface area is 81.3 Å². The number of nitrogens with zero attached hydrogens (tertiary/aromatic N) is 1. The third-order valence-electron chi connectivity index (χ3n) is 1.99. The van der Waals surface area contributed by atoms with Crippen LogP contribution in [-0.4, -0.2) is 29.9 Å². The van der Waals surface area contributed by atoms with E-state index in [4.69, 9.17) is 5.73 Å². The normalized spacial score (nSPS) is 12.6. The van der Waals surface area contributed by atoms with E-state index < -0.39 is 0 Å². The molecule has 3 heteroatoms. The molecule has 3 nitrogen and oxygen atoms in total. The molecule has 0 aliphatic heterocycles. The Balaban J connectivity index is 3.85. The average molecular weight is 186 g/mol. The summed E-state index contributed by atoms with van der Waals surface area (Å²) in [6.07, 6.45) is 2.72. The Kier molecular flexibility index (Phi) is 6.59. The predicted octanol–water partition coefficient (Wildman–Crippen LogP) is 1.37. The maximum Gasteiger partial charge on any atom is 0.222 e. The summed E-state index contributed by atoms with van der Waals surface area (Å²) in [4.78, 5) is 13.4. The number of unbranched alkanes of at least 4 members (excludes halogenated alkanes) is 1. The van der Waals surface area contributed by atoms with Crippen LogP contribution < -0.4 is 5.73 Å². The molecule has 0 rings (SSSR count). The maximum absolute atomic E-state index is 11.5. The van der Waals surface area contributed by atoms with E-state index in [1.165, 1.54) is 0 Å². The van der Waals surface area contributed by atoms with Gasteiger partial charge in [-0.15, -0.1) is 0 Å². The fourth-order valence-corrected chi connectivity index (χ4v) is 1.24. The standard InChI is InChI=1S/C10H22N2O/c1-4-6-7-10(13)12(5-2)8-9(3)11/h9H,4-8,11H2,1-3H3. The molecule has 0 aromatic rings. The topological polar surface area (TPSA) is 46.3 Å². The summed E-state index contributed by atoms with van der Waals surface area (Å²) in [5.74, 6) is 0.238. The van der Waals surface area contributed by atoms with E-state index in [1.54, 1.807) is 0 Å². The molecule has 0 spiro atoms. The lowest BCUT2D eigenvalue weighted by atomic mass is 10.2. The van der Waals surface area contributed by atoms with Crippen molar-refractivity contribution in [1.82, 2.24) is 4.90 Å². The second kappa shape index (κ2) is 6.89. The first-order valence-electron chi connectivity index (χ1n) is 5.15. The number of likely N-dealkylation sites (N-methyl/N-ethyl adjacent to an activating group) is 1. The van der Waals surface area contributed by atoms with E-state index in [2.05, 4.69) is 6.92 Å². The van der Waals surface area contributed by atoms with Gasteiger partial charge in [0.25, 0.3) is 0 Å². The molecule has 78 valence electrons. The van der Waals surface area contributed by atoms with Gasteiger partial charge in [-0.05, 0) is 20.3 Å². The van der Waals surface area contributed by atoms with Crippen molar-refractivity contribution in [2.45, 2.75) is 46.1 Å². The zero-order chi connectivity index (χ0) is 10.3. The Morgan fingerprint density at radius 2 is 2.08 bits per heavy atom. The SMILES string of the molecule is CCCCC(=O)N(CC)CC(C)N. The quantitative estimate of drug-likeness (QED) is 0.681. The number of rotatable bonds is 6. The fourth-order valence-electron chi connectivity index (χ4n) is 1.24. The summed E-state index contributed by atoms with van der Waals surface area (Å²) in [7, 11) is 0. The van der Waals surface area contributed by atoms with Crippen LogP contribution in [0.2, 0.25) is 0 Å². The van der Waals surface area contributed by atoms with Gasteiger partial charge < -0.3 is 10.6 Å². The number of hydrogen-bond acceptors (Lipinski definition) is 2. The molecule has 0 heterocycles. The third kappa shape index (κ3) is 5.64. The van der Waals surface area contributed by atoms with Crippen LogP contribution in [0.3, 0.4) is 0 Å². The van der Waals surface area contributed by atoms with Gasteiger partial charge in [0, 0.05) is 25.6 Å². The zero-order valence-electron chi connectivity index (χ0n) is 9.05. The molecule has 0 aromatic carbocycles. The van der Waals surface area contributed by atoms with Crippen LogP contribution in [0.4, 0.5) is 0 Å². The van der Waals surface area contributed by atoms with Crippen molar-refractivity contribution in [1.29, 1.82) is 0 Å². The molecule has 0 aliphatic rings. The minimum absolute atomic E-state index is 0.0746. The summed E-state index contributed by atoms with van der Waals surface area (Å²) in [5, 5.41) is 0. The first-order valence-corrected chi connectivity index (χ1v) is 5.15. The highest BCUT2D eigenvalue weighted by atomic mass is 16.2. The molecule has 0 aliphatic carbocycles. The smallest absolute Gasteiger partial charge is 0.222 e. The van der Waals surface area contributed by atoms with Crippen LogP contribution in [0.5, 0.6) is 0 Å². The highest BCUT2D eigenvalue weighted by Crippen LogP contribution is 2.00. The van der Waals surface area contributed by atoms with E-state index in [0.29, 0.717) is 13.0 Å². The first kappa shape index (κ1) is 12.4. The van der Waals surface area contributed by atoms with Crippen LogP contribution in [0, 0.1) is 0 Å². The van der Waals surface area contributed by atoms with Gasteiger partial charge in [-0.3, -0.25) is 4.79 Å². The summed E-state index contributed by atoms with van der Waals surface area (Å²) in [6, 6.07) is 0.0746. The lowest BCUT2D eigenvalue weighted by molar-refractivity contribution is -0.131. The molecule has 1 unspecified atom stereocenters. The van der Waals surface area contributed by atoms with Crippen molar-refractivity contribution >= 4 is 5.91 Å². The molecule has 13 heavy (non-hydrogen) atoms. The van der Waals surface area contributed by atoms with Gasteiger partial charge >= 0.3 is 0 Å². The second-order valence-corrected chi connectivity index (χ2v) is 3.51. The van der Waals surface area contributed by atoms with E-state index in [9.17, 15) is 4.79 Å². The van der Waals surface area contributed by atoms with E-state index in [1.807, 2.05) is 18.7 Å². The average Bonchev–Trinajstić information content (AvgIpc) is 2.09. The van der Waals surface area contributed by atoms with Crippen molar-refractivity contribution in [2.75, 3.05) is 13.1 Å². The third-order valence-corrected chi connectivity index (χ3v) is 1.99. The molecule has 0 saturated heterocycles. The van der Waals surface area contributed by atoms with Crippen molar-refractivity contribution in [3.63, 3.8) is 0 Å². The van der Waals surface area contributed by atoms with Gasteiger partial charge in [-0.25, -0.2) is 0 Å². The van der Waals surface area contributed by atoms with Crippen molar-refractivity contribution in [2.24, 2.45) is 5.73 Å². The molecule has 1 amide bonds. The number of amides is 1. The van der Waals surface area contributed by atoms with Crippen molar-refractivity contribution in [3.8, 4) is 0 Å². The van der Waals surface area contributed by atoms with Crippen LogP contribution in [-0.2, 0) is 4.79 Å². The van der Waals surface area contributed by atoms with Crippen molar-refractivity contribution in [3.05, 3.63) is 0 Å². The molecule has 1 atom stereocenters. The van der Waals surface area contributed by atoms with Gasteiger partial charge in [-0.2, -0.15) is 0 Å². The van der Waals surface area contributed by atoms with Crippen LogP contribution in [0.1, 0.15) is 40.0 Å². The number of carbonyl (C=O) groups is 1. The Morgan fingerprint density at radius 1 is 1.46 bits per heavy atom. The number of hydrogen-bond donors (Lipinski definition) is 1. The summed E-state index contributed by atoms with van der Waals surface area (Å²) in [5.41, 5.74) is 5.64. The van der Waals surface area contributed by atoms with Gasteiger partial charge in [0.15, 0.2) is 0 Å². The van der Waals surface area contributed by atoms with Gasteiger partial charge in [0.1, 0.15) is 0 Å². The number of nitrogens with two attached hydrogens (primary N) is 1. The summed E-state index contributed by atoms with van der Waals surface area (Å²) < 4.78 is 0. The molecule has 0 fully saturated rings. The largest absolute Gasteiger partial charge is 0.341 e. The van der Waals surface area contributed by atoms with E-state index in [-0.39, 0.29) is 11.9 Å². The van der Waals surface area contributed by atoms with Crippen LogP contribution in [0.15, 0.2) is 0 Å². The Morgan fingerprint density at radius 3 is 2.46 bits per heavy atom. The fraction of sp³-hybridized carbons (Fsp3) is 0.900. The highest BCUT2D eigenvalue weighted by molar-refractivity contribution is 5.76. The maximum atomic E-state index is 11.5. The minimum Gasteiger partial charge on any atom is -0.341 e. The molecule has 0 bridgehead atoms. The van der Waals surface area contributed by atoms with Crippen LogP contribution >= 0.6 is 0 Å². The Bertz CT molecular complexity index is 146. The summed E-state index contributed by atoms with van der Waals surface area (Å²) in [6.45, 7) is 7.46. The van der Waals surface area contributed by atoms with Gasteiger partial charge in [0.2, 0.25) is 5.91 Å². The molecular formula is C10H22N2O. The highest BCUT2D eigenvalue weighted by Gasteiger charge is 2.11. The van der Waals surface area contributed by atoms with Crippen LogP contribution in [0.25, 0.3) is 0 Å². The van der Waals surface area contributed by atoms with Gasteiger partial charge in [0.05, 0.1) is 0 Å². The number of carbonyl (C=O) groups excluding carboxylic acids is 1. The summed E-state index contributed by atoms with van der Waals surface area (Å²) >= 11 is 0. The molecule has 0 radical (unpaired) electrons. The Hall–Kier alpha value is -0.570.